The summed E-state index contributed by atoms with van der Waals surface area (Å²) in [5.74, 6) is -0.108. The van der Waals surface area contributed by atoms with E-state index in [1.54, 1.807) is 17.0 Å². The molecule has 0 bridgehead atoms. The van der Waals surface area contributed by atoms with Gasteiger partial charge in [-0.1, -0.05) is 19.1 Å². The predicted molar refractivity (Wildman–Crippen MR) is 108 cm³/mol. The largest absolute Gasteiger partial charge is 0.355 e. The van der Waals surface area contributed by atoms with Gasteiger partial charge in [-0.2, -0.15) is 0 Å². The molecule has 1 aromatic rings. The molecule has 28 heavy (non-hydrogen) atoms. The lowest BCUT2D eigenvalue weighted by Gasteiger charge is -2.32. The fourth-order valence-corrected chi connectivity index (χ4v) is 4.43. The average Bonchev–Trinajstić information content (AvgIpc) is 3.18. The highest BCUT2D eigenvalue weighted by Crippen LogP contribution is 2.24. The molecule has 2 amide bonds. The lowest BCUT2D eigenvalue weighted by Crippen LogP contribution is -2.40. The SMILES string of the molecule is CCN1CCCC1CNC(=O)CCC1CCN(C(=O)c2ccccc2F)CC1. The number of halogens is 1. The first-order valence-electron chi connectivity index (χ1n) is 10.6. The first kappa shape index (κ1) is 20.8. The predicted octanol–water partition coefficient (Wildman–Crippen LogP) is 3.06. The summed E-state index contributed by atoms with van der Waals surface area (Å²) in [7, 11) is 0. The van der Waals surface area contributed by atoms with Crippen LogP contribution in [0.25, 0.3) is 0 Å². The summed E-state index contributed by atoms with van der Waals surface area (Å²) in [6, 6.07) is 6.63. The van der Waals surface area contributed by atoms with Gasteiger partial charge >= 0.3 is 0 Å². The summed E-state index contributed by atoms with van der Waals surface area (Å²) in [5.41, 5.74) is 0.147. The summed E-state index contributed by atoms with van der Waals surface area (Å²) in [4.78, 5) is 28.8. The average molecular weight is 390 g/mol. The van der Waals surface area contributed by atoms with Crippen molar-refractivity contribution in [1.82, 2.24) is 15.1 Å². The fraction of sp³-hybridized carbons (Fsp3) is 0.636. The third-order valence-corrected chi connectivity index (χ3v) is 6.23. The number of hydrogen-bond donors (Lipinski definition) is 1. The van der Waals surface area contributed by atoms with E-state index in [4.69, 9.17) is 0 Å². The topological polar surface area (TPSA) is 52.7 Å². The Morgan fingerprint density at radius 2 is 1.89 bits per heavy atom. The highest BCUT2D eigenvalue weighted by Gasteiger charge is 2.26. The molecular formula is C22H32FN3O2. The molecule has 2 aliphatic heterocycles. The molecule has 0 aliphatic carbocycles. The van der Waals surface area contributed by atoms with E-state index in [1.165, 1.54) is 25.0 Å². The quantitative estimate of drug-likeness (QED) is 0.780. The van der Waals surface area contributed by atoms with Gasteiger partial charge in [0.25, 0.3) is 5.91 Å². The van der Waals surface area contributed by atoms with E-state index < -0.39 is 5.82 Å². The van der Waals surface area contributed by atoms with Crippen LogP contribution in [-0.4, -0.2) is 60.4 Å². The van der Waals surface area contributed by atoms with Crippen LogP contribution < -0.4 is 5.32 Å². The summed E-state index contributed by atoms with van der Waals surface area (Å²) in [6.45, 7) is 6.37. The molecule has 5 nitrogen and oxygen atoms in total. The molecule has 3 rings (SSSR count). The van der Waals surface area contributed by atoms with Crippen LogP contribution in [0.2, 0.25) is 0 Å². The van der Waals surface area contributed by atoms with Crippen LogP contribution in [0, 0.1) is 11.7 Å². The standard InChI is InChI=1S/C22H32FN3O2/c1-2-25-13-5-6-18(25)16-24-21(27)10-9-17-11-14-26(15-12-17)22(28)19-7-3-4-8-20(19)23/h3-4,7-8,17-18H,2,5-6,9-16H2,1H3,(H,24,27). The number of rotatable bonds is 7. The second kappa shape index (κ2) is 10.0. The van der Waals surface area contributed by atoms with Crippen molar-refractivity contribution < 1.29 is 14.0 Å². The van der Waals surface area contributed by atoms with E-state index in [0.29, 0.717) is 31.5 Å². The molecule has 6 heteroatoms. The maximum Gasteiger partial charge on any atom is 0.256 e. The Bertz CT molecular complexity index is 674. The van der Waals surface area contributed by atoms with Gasteiger partial charge in [0.15, 0.2) is 0 Å². The molecule has 2 heterocycles. The highest BCUT2D eigenvalue weighted by atomic mass is 19.1. The fourth-order valence-electron chi connectivity index (χ4n) is 4.43. The molecule has 0 spiro atoms. The first-order chi connectivity index (χ1) is 13.6. The number of likely N-dealkylation sites (tertiary alicyclic amines) is 2. The van der Waals surface area contributed by atoms with E-state index >= 15 is 0 Å². The van der Waals surface area contributed by atoms with E-state index in [9.17, 15) is 14.0 Å². The number of carbonyl (C=O) groups is 2. The van der Waals surface area contributed by atoms with Gasteiger partial charge in [-0.05, 0) is 63.2 Å². The molecule has 1 aromatic carbocycles. The van der Waals surface area contributed by atoms with Gasteiger partial charge in [-0.3, -0.25) is 14.5 Å². The van der Waals surface area contributed by atoms with Crippen LogP contribution >= 0.6 is 0 Å². The normalized spacial score (nSPS) is 21.1. The van der Waals surface area contributed by atoms with Crippen LogP contribution in [0.4, 0.5) is 4.39 Å². The maximum atomic E-state index is 13.8. The molecule has 1 unspecified atom stereocenters. The Labute approximate surface area is 167 Å². The van der Waals surface area contributed by atoms with Crippen molar-refractivity contribution in [1.29, 1.82) is 0 Å². The van der Waals surface area contributed by atoms with Gasteiger partial charge in [-0.15, -0.1) is 0 Å². The Morgan fingerprint density at radius 3 is 2.61 bits per heavy atom. The molecule has 154 valence electrons. The molecule has 0 radical (unpaired) electrons. The Morgan fingerprint density at radius 1 is 1.14 bits per heavy atom. The van der Waals surface area contributed by atoms with Crippen molar-refractivity contribution >= 4 is 11.8 Å². The zero-order valence-corrected chi connectivity index (χ0v) is 16.8. The van der Waals surface area contributed by atoms with Gasteiger partial charge in [0.2, 0.25) is 5.91 Å². The van der Waals surface area contributed by atoms with Gasteiger partial charge < -0.3 is 10.2 Å². The van der Waals surface area contributed by atoms with Gasteiger partial charge in [0.1, 0.15) is 5.82 Å². The molecule has 0 aromatic heterocycles. The third kappa shape index (κ3) is 5.31. The van der Waals surface area contributed by atoms with Crippen molar-refractivity contribution in [3.63, 3.8) is 0 Å². The van der Waals surface area contributed by atoms with Crippen molar-refractivity contribution in [3.8, 4) is 0 Å². The van der Waals surface area contributed by atoms with E-state index in [1.807, 2.05) is 0 Å². The number of benzene rings is 1. The zero-order valence-electron chi connectivity index (χ0n) is 16.8. The molecule has 1 atom stereocenters. The Kier molecular flexibility index (Phi) is 7.43. The summed E-state index contributed by atoms with van der Waals surface area (Å²) >= 11 is 0. The van der Waals surface area contributed by atoms with Gasteiger partial charge in [0.05, 0.1) is 5.56 Å². The second-order valence-electron chi connectivity index (χ2n) is 7.98. The number of hydrogen-bond acceptors (Lipinski definition) is 3. The molecule has 2 fully saturated rings. The van der Waals surface area contributed by atoms with E-state index in [0.717, 1.165) is 38.9 Å². The van der Waals surface area contributed by atoms with Gasteiger partial charge in [-0.25, -0.2) is 4.39 Å². The highest BCUT2D eigenvalue weighted by molar-refractivity contribution is 5.94. The molecular weight excluding hydrogens is 357 g/mol. The van der Waals surface area contributed by atoms with E-state index in [-0.39, 0.29) is 17.4 Å². The van der Waals surface area contributed by atoms with Crippen LogP contribution in [0.1, 0.15) is 55.8 Å². The number of likely N-dealkylation sites (N-methyl/N-ethyl adjacent to an activating group) is 1. The second-order valence-corrected chi connectivity index (χ2v) is 7.98. The number of carbonyl (C=O) groups excluding carboxylic acids is 2. The van der Waals surface area contributed by atoms with E-state index in [2.05, 4.69) is 17.1 Å². The van der Waals surface area contributed by atoms with Crippen LogP contribution in [0.3, 0.4) is 0 Å². The number of nitrogens with one attached hydrogen (secondary N) is 1. The minimum absolute atomic E-state index is 0.132. The molecule has 0 saturated carbocycles. The summed E-state index contributed by atoms with van der Waals surface area (Å²) < 4.78 is 13.8. The lowest BCUT2D eigenvalue weighted by atomic mass is 9.91. The van der Waals surface area contributed by atoms with Crippen molar-refractivity contribution in [2.75, 3.05) is 32.7 Å². The Balaban J connectivity index is 1.36. The Hall–Kier alpha value is -1.95. The molecule has 1 N–H and O–H groups in total. The molecule has 2 saturated heterocycles. The minimum atomic E-state index is -0.463. The van der Waals surface area contributed by atoms with Crippen LogP contribution in [0.5, 0.6) is 0 Å². The first-order valence-corrected chi connectivity index (χ1v) is 10.6. The zero-order chi connectivity index (χ0) is 19.9. The number of piperidine rings is 1. The van der Waals surface area contributed by atoms with Crippen molar-refractivity contribution in [3.05, 3.63) is 35.6 Å². The van der Waals surface area contributed by atoms with Gasteiger partial charge in [0, 0.05) is 32.1 Å². The molecule has 2 aliphatic rings. The lowest BCUT2D eigenvalue weighted by molar-refractivity contribution is -0.121. The number of nitrogens with zero attached hydrogens (tertiary/aromatic N) is 2. The summed E-state index contributed by atoms with van der Waals surface area (Å²) in [5, 5.41) is 3.10. The smallest absolute Gasteiger partial charge is 0.256 e. The maximum absolute atomic E-state index is 13.8. The minimum Gasteiger partial charge on any atom is -0.355 e. The monoisotopic (exact) mass is 389 g/mol. The number of amides is 2. The van der Waals surface area contributed by atoms with Crippen LogP contribution in [-0.2, 0) is 4.79 Å². The summed E-state index contributed by atoms with van der Waals surface area (Å²) in [6.07, 6.45) is 5.54. The van der Waals surface area contributed by atoms with Crippen molar-refractivity contribution in [2.24, 2.45) is 5.92 Å². The van der Waals surface area contributed by atoms with Crippen molar-refractivity contribution in [2.45, 2.75) is 51.5 Å². The third-order valence-electron chi connectivity index (χ3n) is 6.23. The van der Waals surface area contributed by atoms with Crippen LogP contribution in [0.15, 0.2) is 24.3 Å².